The van der Waals surface area contributed by atoms with E-state index in [1.54, 1.807) is 6.07 Å². The van der Waals surface area contributed by atoms with Crippen molar-refractivity contribution in [3.8, 4) is 0 Å². The Hall–Kier alpha value is -1.20. The van der Waals surface area contributed by atoms with Crippen LogP contribution in [0.2, 0.25) is 0 Å². The van der Waals surface area contributed by atoms with Gasteiger partial charge in [-0.25, -0.2) is 4.39 Å². The summed E-state index contributed by atoms with van der Waals surface area (Å²) in [5.74, 6) is -0.243. The van der Waals surface area contributed by atoms with Gasteiger partial charge in [-0.15, -0.1) is 0 Å². The molecule has 0 bridgehead atoms. The summed E-state index contributed by atoms with van der Waals surface area (Å²) < 4.78 is 15.8. The van der Waals surface area contributed by atoms with Gasteiger partial charge in [0.1, 0.15) is 5.82 Å². The number of nitrogens with two attached hydrogens (primary N) is 1. The van der Waals surface area contributed by atoms with Gasteiger partial charge in [0.05, 0.1) is 16.7 Å². The molecule has 2 rings (SSSR count). The van der Waals surface area contributed by atoms with E-state index in [2.05, 4.69) is 29.8 Å². The molecule has 0 aliphatic carbocycles. The summed E-state index contributed by atoms with van der Waals surface area (Å²) in [6.45, 7) is 5.53. The fourth-order valence-electron chi connectivity index (χ4n) is 2.64. The van der Waals surface area contributed by atoms with Crippen LogP contribution in [-0.4, -0.2) is 16.3 Å². The molecule has 5 heteroatoms. The zero-order chi connectivity index (χ0) is 15.4. The number of aromatic nitrogens is 2. The zero-order valence-corrected chi connectivity index (χ0v) is 14.1. The average molecular weight is 354 g/mol. The molecule has 0 fully saturated rings. The van der Waals surface area contributed by atoms with Crippen LogP contribution in [0.4, 0.5) is 4.39 Å². The van der Waals surface area contributed by atoms with Crippen LogP contribution < -0.4 is 5.73 Å². The van der Waals surface area contributed by atoms with E-state index in [1.165, 1.54) is 17.3 Å². The predicted molar refractivity (Wildman–Crippen MR) is 86.9 cm³/mol. The van der Waals surface area contributed by atoms with Gasteiger partial charge in [-0.3, -0.25) is 4.68 Å². The maximum atomic E-state index is 13.3. The van der Waals surface area contributed by atoms with E-state index in [0.717, 1.165) is 30.5 Å². The number of nitrogens with zero attached hydrogens (tertiary/aromatic N) is 2. The highest BCUT2D eigenvalue weighted by Gasteiger charge is 2.15. The molecule has 114 valence electrons. The highest BCUT2D eigenvalue weighted by atomic mass is 79.9. The third-order valence-electron chi connectivity index (χ3n) is 3.63. The van der Waals surface area contributed by atoms with Crippen molar-refractivity contribution < 1.29 is 4.39 Å². The first kappa shape index (κ1) is 16.2. The van der Waals surface area contributed by atoms with E-state index < -0.39 is 0 Å². The molecule has 0 saturated carbocycles. The van der Waals surface area contributed by atoms with E-state index in [-0.39, 0.29) is 5.82 Å². The Morgan fingerprint density at radius 1 is 1.29 bits per heavy atom. The highest BCUT2D eigenvalue weighted by Crippen LogP contribution is 2.21. The van der Waals surface area contributed by atoms with Crippen molar-refractivity contribution in [2.75, 3.05) is 6.54 Å². The van der Waals surface area contributed by atoms with E-state index >= 15 is 0 Å². The molecule has 0 spiro atoms. The fraction of sp³-hybridized carbons (Fsp3) is 0.438. The van der Waals surface area contributed by atoms with Crippen LogP contribution in [0.1, 0.15) is 36.4 Å². The largest absolute Gasteiger partial charge is 0.330 e. The second kappa shape index (κ2) is 7.18. The van der Waals surface area contributed by atoms with Gasteiger partial charge in [0.25, 0.3) is 0 Å². The van der Waals surface area contributed by atoms with Crippen LogP contribution >= 0.6 is 15.9 Å². The molecule has 0 atom stereocenters. The second-order valence-electron chi connectivity index (χ2n) is 5.02. The molecule has 1 aromatic carbocycles. The van der Waals surface area contributed by atoms with Gasteiger partial charge < -0.3 is 5.73 Å². The van der Waals surface area contributed by atoms with Crippen molar-refractivity contribution in [2.45, 2.75) is 39.7 Å². The minimum atomic E-state index is -0.243. The molecule has 0 amide bonds. The molecule has 1 heterocycles. The second-order valence-corrected chi connectivity index (χ2v) is 5.88. The summed E-state index contributed by atoms with van der Waals surface area (Å²) in [6.07, 6.45) is 2.69. The zero-order valence-electron chi connectivity index (χ0n) is 12.5. The molecule has 1 aromatic heterocycles. The molecule has 3 nitrogen and oxygen atoms in total. The van der Waals surface area contributed by atoms with Crippen molar-refractivity contribution in [3.05, 3.63) is 51.0 Å². The summed E-state index contributed by atoms with van der Waals surface area (Å²) in [7, 11) is 0. The lowest BCUT2D eigenvalue weighted by atomic mass is 10.1. The lowest BCUT2D eigenvalue weighted by molar-refractivity contribution is 0.613. The number of rotatable bonds is 6. The molecule has 21 heavy (non-hydrogen) atoms. The Labute approximate surface area is 133 Å². The van der Waals surface area contributed by atoms with Crippen LogP contribution in [0, 0.1) is 5.82 Å². The van der Waals surface area contributed by atoms with Gasteiger partial charge >= 0.3 is 0 Å². The molecular weight excluding hydrogens is 333 g/mol. The topological polar surface area (TPSA) is 43.8 Å². The van der Waals surface area contributed by atoms with Crippen LogP contribution in [0.5, 0.6) is 0 Å². The van der Waals surface area contributed by atoms with Gasteiger partial charge in [-0.1, -0.05) is 19.9 Å². The quantitative estimate of drug-likeness (QED) is 0.864. The summed E-state index contributed by atoms with van der Waals surface area (Å²) >= 11 is 3.23. The fourth-order valence-corrected chi connectivity index (χ4v) is 3.07. The Morgan fingerprint density at radius 2 is 2.05 bits per heavy atom. The Balaban J connectivity index is 2.36. The minimum Gasteiger partial charge on any atom is -0.330 e. The third kappa shape index (κ3) is 3.52. The summed E-state index contributed by atoms with van der Waals surface area (Å²) in [4.78, 5) is 0. The average Bonchev–Trinajstić information content (AvgIpc) is 2.80. The minimum absolute atomic E-state index is 0.243. The molecular formula is C16H21BrFN3. The van der Waals surface area contributed by atoms with Crippen molar-refractivity contribution in [1.29, 1.82) is 0 Å². The molecule has 0 aliphatic heterocycles. The van der Waals surface area contributed by atoms with Crippen molar-refractivity contribution in [3.63, 3.8) is 0 Å². The molecule has 2 N–H and O–H groups in total. The number of benzene rings is 1. The Kier molecular flexibility index (Phi) is 5.53. The lowest BCUT2D eigenvalue weighted by Crippen LogP contribution is -2.09. The van der Waals surface area contributed by atoms with E-state index in [0.29, 0.717) is 17.6 Å². The highest BCUT2D eigenvalue weighted by molar-refractivity contribution is 9.10. The molecule has 0 aliphatic rings. The molecule has 0 radical (unpaired) electrons. The predicted octanol–water partition coefficient (Wildman–Crippen LogP) is 3.46. The van der Waals surface area contributed by atoms with Crippen molar-refractivity contribution >= 4 is 15.9 Å². The Morgan fingerprint density at radius 3 is 2.62 bits per heavy atom. The lowest BCUT2D eigenvalue weighted by Gasteiger charge is -2.08. The maximum Gasteiger partial charge on any atom is 0.137 e. The first-order chi connectivity index (χ1) is 10.1. The first-order valence-electron chi connectivity index (χ1n) is 7.32. The molecule has 0 saturated heterocycles. The van der Waals surface area contributed by atoms with Gasteiger partial charge in [0.2, 0.25) is 0 Å². The maximum absolute atomic E-state index is 13.3. The van der Waals surface area contributed by atoms with Crippen LogP contribution in [0.15, 0.2) is 22.7 Å². The van der Waals surface area contributed by atoms with E-state index in [4.69, 9.17) is 10.8 Å². The van der Waals surface area contributed by atoms with E-state index in [1.807, 2.05) is 10.7 Å². The van der Waals surface area contributed by atoms with Crippen LogP contribution in [-0.2, 0) is 25.8 Å². The van der Waals surface area contributed by atoms with Crippen LogP contribution in [0.25, 0.3) is 0 Å². The van der Waals surface area contributed by atoms with Crippen molar-refractivity contribution in [1.82, 2.24) is 9.78 Å². The van der Waals surface area contributed by atoms with Gasteiger partial charge in [-0.2, -0.15) is 5.10 Å². The smallest absolute Gasteiger partial charge is 0.137 e. The number of halogens is 2. The summed E-state index contributed by atoms with van der Waals surface area (Å²) in [5.41, 5.74) is 10.4. The Bertz CT molecular complexity index is 622. The summed E-state index contributed by atoms with van der Waals surface area (Å²) in [6, 6.07) is 5.09. The molecule has 2 aromatic rings. The first-order valence-corrected chi connectivity index (χ1v) is 8.11. The van der Waals surface area contributed by atoms with Gasteiger partial charge in [0, 0.05) is 5.69 Å². The summed E-state index contributed by atoms with van der Waals surface area (Å²) in [5, 5.41) is 4.72. The van der Waals surface area contributed by atoms with E-state index in [9.17, 15) is 4.39 Å². The number of aryl methyl sites for hydroxylation is 1. The monoisotopic (exact) mass is 353 g/mol. The standard InChI is InChI=1S/C16H21BrFN3/c1-3-15-12(7-8-19)16(4-2)21(20-15)10-11-5-6-14(18)13(17)9-11/h5-6,9H,3-4,7-8,10,19H2,1-2H3. The third-order valence-corrected chi connectivity index (χ3v) is 4.24. The van der Waals surface area contributed by atoms with Gasteiger partial charge in [0.15, 0.2) is 0 Å². The number of hydrogen-bond donors (Lipinski definition) is 1. The van der Waals surface area contributed by atoms with Crippen LogP contribution in [0.3, 0.4) is 0 Å². The number of hydrogen-bond acceptors (Lipinski definition) is 2. The van der Waals surface area contributed by atoms with Gasteiger partial charge in [-0.05, 0) is 65.0 Å². The van der Waals surface area contributed by atoms with Crippen molar-refractivity contribution in [2.24, 2.45) is 5.73 Å². The SMILES string of the molecule is CCc1nn(Cc2ccc(F)c(Br)c2)c(CC)c1CCN. The normalized spacial score (nSPS) is 11.1. The molecule has 0 unspecified atom stereocenters.